The van der Waals surface area contributed by atoms with Gasteiger partial charge in [-0.1, -0.05) is 0 Å². The van der Waals surface area contributed by atoms with Crippen molar-refractivity contribution in [1.82, 2.24) is 14.5 Å². The Hall–Kier alpha value is -3.14. The van der Waals surface area contributed by atoms with Gasteiger partial charge in [0.2, 0.25) is 10.0 Å². The average Bonchev–Trinajstić information content (AvgIpc) is 3.01. The van der Waals surface area contributed by atoms with Crippen LogP contribution in [0.5, 0.6) is 5.75 Å². The second kappa shape index (κ2) is 7.12. The van der Waals surface area contributed by atoms with Crippen LogP contribution in [0, 0.1) is 0 Å². The molecule has 148 valence electrons. The van der Waals surface area contributed by atoms with Crippen molar-refractivity contribution in [3.8, 4) is 5.75 Å². The minimum atomic E-state index is -3.55. The molecule has 10 heteroatoms. The van der Waals surface area contributed by atoms with Crippen molar-refractivity contribution in [3.63, 3.8) is 0 Å². The summed E-state index contributed by atoms with van der Waals surface area (Å²) in [6.07, 6.45) is 4.07. The quantitative estimate of drug-likeness (QED) is 0.604. The lowest BCUT2D eigenvalue weighted by molar-refractivity contribution is 0.104. The number of nitrogens with zero attached hydrogens (tertiary/aromatic N) is 3. The number of aromatic nitrogens is 3. The number of rotatable bonds is 6. The average molecular weight is 403 g/mol. The Kier molecular flexibility index (Phi) is 4.99. The Labute approximate surface area is 162 Å². The fourth-order valence-electron chi connectivity index (χ4n) is 2.96. The maximum Gasteiger partial charge on any atom is 0.229 e. The van der Waals surface area contributed by atoms with Crippen molar-refractivity contribution in [1.29, 1.82) is 0 Å². The fourth-order valence-corrected chi connectivity index (χ4v) is 3.52. The van der Waals surface area contributed by atoms with Gasteiger partial charge in [-0.3, -0.25) is 9.52 Å². The van der Waals surface area contributed by atoms with E-state index in [1.54, 1.807) is 12.3 Å². The minimum absolute atomic E-state index is 0.0525. The molecule has 0 saturated carbocycles. The summed E-state index contributed by atoms with van der Waals surface area (Å²) in [7, 11) is -2.14. The van der Waals surface area contributed by atoms with Gasteiger partial charge in [-0.15, -0.1) is 0 Å². The van der Waals surface area contributed by atoms with Gasteiger partial charge in [0, 0.05) is 17.8 Å². The number of fused-ring (bicyclic) bond motifs is 1. The molecule has 0 fully saturated rings. The first-order chi connectivity index (χ1) is 13.1. The van der Waals surface area contributed by atoms with E-state index in [1.165, 1.54) is 25.6 Å². The highest BCUT2D eigenvalue weighted by Gasteiger charge is 2.22. The molecule has 3 aromatic rings. The van der Waals surface area contributed by atoms with E-state index in [0.29, 0.717) is 22.3 Å². The molecule has 0 radical (unpaired) electrons. The van der Waals surface area contributed by atoms with Gasteiger partial charge < -0.3 is 15.0 Å². The van der Waals surface area contributed by atoms with Crippen molar-refractivity contribution in [2.24, 2.45) is 0 Å². The smallest absolute Gasteiger partial charge is 0.229 e. The lowest BCUT2D eigenvalue weighted by Crippen LogP contribution is -2.11. The maximum absolute atomic E-state index is 13.2. The van der Waals surface area contributed by atoms with Gasteiger partial charge in [0.05, 0.1) is 30.0 Å². The van der Waals surface area contributed by atoms with Crippen LogP contribution in [0.4, 0.5) is 11.5 Å². The Bertz CT molecular complexity index is 1170. The predicted molar refractivity (Wildman–Crippen MR) is 107 cm³/mol. The van der Waals surface area contributed by atoms with Crippen LogP contribution >= 0.6 is 0 Å². The van der Waals surface area contributed by atoms with Gasteiger partial charge in [0.15, 0.2) is 5.78 Å². The van der Waals surface area contributed by atoms with E-state index < -0.39 is 10.0 Å². The standard InChI is InChI=1S/C18H21N5O4S/c1-10(2)23-8-12(15-17(19)20-9-21-18(15)23)16(24)11-5-6-14(27-3)13(7-11)22-28(4,25)26/h5-10,22H,1-4H3,(H2,19,20,21). The number of nitrogen functional groups attached to an aromatic ring is 1. The lowest BCUT2D eigenvalue weighted by Gasteiger charge is -2.11. The molecular weight excluding hydrogens is 382 g/mol. The Balaban J connectivity index is 2.16. The second-order valence-electron chi connectivity index (χ2n) is 6.62. The molecule has 0 amide bonds. The molecule has 1 aromatic carbocycles. The number of ether oxygens (including phenoxy) is 1. The number of carbonyl (C=O) groups excluding carboxylic acids is 1. The first-order valence-corrected chi connectivity index (χ1v) is 10.3. The van der Waals surface area contributed by atoms with Gasteiger partial charge in [-0.05, 0) is 32.0 Å². The molecule has 3 rings (SSSR count). The van der Waals surface area contributed by atoms with E-state index in [2.05, 4.69) is 14.7 Å². The summed E-state index contributed by atoms with van der Waals surface area (Å²) in [4.78, 5) is 21.5. The molecule has 0 aliphatic heterocycles. The van der Waals surface area contributed by atoms with Crippen LogP contribution in [0.2, 0.25) is 0 Å². The molecule has 2 heterocycles. The van der Waals surface area contributed by atoms with Gasteiger partial charge in [-0.2, -0.15) is 0 Å². The molecule has 3 N–H and O–H groups in total. The predicted octanol–water partition coefficient (Wildman–Crippen LogP) is 2.21. The molecule has 28 heavy (non-hydrogen) atoms. The van der Waals surface area contributed by atoms with Crippen LogP contribution in [0.15, 0.2) is 30.7 Å². The van der Waals surface area contributed by atoms with Crippen LogP contribution < -0.4 is 15.2 Å². The van der Waals surface area contributed by atoms with Crippen molar-refractivity contribution in [2.75, 3.05) is 23.8 Å². The number of anilines is 2. The molecule has 2 aromatic heterocycles. The van der Waals surface area contributed by atoms with Crippen molar-refractivity contribution >= 4 is 38.3 Å². The van der Waals surface area contributed by atoms with E-state index in [1.807, 2.05) is 18.4 Å². The zero-order valence-electron chi connectivity index (χ0n) is 15.9. The number of sulfonamides is 1. The summed E-state index contributed by atoms with van der Waals surface area (Å²) in [6.45, 7) is 3.93. The summed E-state index contributed by atoms with van der Waals surface area (Å²) in [6, 6.07) is 4.58. The SMILES string of the molecule is COc1ccc(C(=O)c2cn(C(C)C)c3ncnc(N)c23)cc1NS(C)(=O)=O. The number of hydrogen-bond donors (Lipinski definition) is 2. The van der Waals surface area contributed by atoms with Crippen LogP contribution in [0.3, 0.4) is 0 Å². The van der Waals surface area contributed by atoms with Crippen LogP contribution in [0.25, 0.3) is 11.0 Å². The van der Waals surface area contributed by atoms with Gasteiger partial charge >= 0.3 is 0 Å². The molecule has 0 atom stereocenters. The van der Waals surface area contributed by atoms with Gasteiger partial charge in [-0.25, -0.2) is 18.4 Å². The van der Waals surface area contributed by atoms with Crippen LogP contribution in [-0.4, -0.2) is 42.1 Å². The zero-order valence-corrected chi connectivity index (χ0v) is 16.7. The number of methoxy groups -OCH3 is 1. The number of nitrogens with two attached hydrogens (primary N) is 1. The van der Waals surface area contributed by atoms with E-state index in [0.717, 1.165) is 6.26 Å². The van der Waals surface area contributed by atoms with E-state index in [4.69, 9.17) is 10.5 Å². The maximum atomic E-state index is 13.2. The highest BCUT2D eigenvalue weighted by atomic mass is 32.2. The second-order valence-corrected chi connectivity index (χ2v) is 8.37. The molecule has 0 aliphatic carbocycles. The largest absolute Gasteiger partial charge is 0.495 e. The molecule has 0 saturated heterocycles. The number of ketones is 1. The third kappa shape index (κ3) is 3.63. The summed E-state index contributed by atoms with van der Waals surface area (Å²) in [5.41, 5.74) is 7.38. The van der Waals surface area contributed by atoms with Gasteiger partial charge in [0.1, 0.15) is 23.5 Å². The van der Waals surface area contributed by atoms with E-state index >= 15 is 0 Å². The summed E-state index contributed by atoms with van der Waals surface area (Å²) in [5.74, 6) is 0.176. The summed E-state index contributed by atoms with van der Waals surface area (Å²) >= 11 is 0. The van der Waals surface area contributed by atoms with E-state index in [9.17, 15) is 13.2 Å². The Morgan fingerprint density at radius 2 is 2.00 bits per heavy atom. The number of hydrogen-bond acceptors (Lipinski definition) is 7. The molecule has 0 spiro atoms. The highest BCUT2D eigenvalue weighted by molar-refractivity contribution is 7.92. The molecule has 9 nitrogen and oxygen atoms in total. The molecule has 0 bridgehead atoms. The zero-order chi connectivity index (χ0) is 20.6. The van der Waals surface area contributed by atoms with Crippen LogP contribution in [-0.2, 0) is 10.0 Å². The number of nitrogens with one attached hydrogen (secondary N) is 1. The van der Waals surface area contributed by atoms with Crippen molar-refractivity contribution in [2.45, 2.75) is 19.9 Å². The Morgan fingerprint density at radius 3 is 2.61 bits per heavy atom. The van der Waals surface area contributed by atoms with Gasteiger partial charge in [0.25, 0.3) is 0 Å². The third-order valence-corrected chi connectivity index (χ3v) is 4.79. The van der Waals surface area contributed by atoms with Crippen molar-refractivity contribution in [3.05, 3.63) is 41.9 Å². The third-order valence-electron chi connectivity index (χ3n) is 4.20. The Morgan fingerprint density at radius 1 is 1.29 bits per heavy atom. The first-order valence-electron chi connectivity index (χ1n) is 8.44. The lowest BCUT2D eigenvalue weighted by atomic mass is 10.0. The van der Waals surface area contributed by atoms with Crippen molar-refractivity contribution < 1.29 is 17.9 Å². The first kappa shape index (κ1) is 19.6. The summed E-state index contributed by atoms with van der Waals surface area (Å²) < 4.78 is 32.6. The highest BCUT2D eigenvalue weighted by Crippen LogP contribution is 2.31. The fraction of sp³-hybridized carbons (Fsp3) is 0.278. The molecule has 0 aliphatic rings. The van der Waals surface area contributed by atoms with Crippen LogP contribution in [0.1, 0.15) is 35.8 Å². The number of carbonyl (C=O) groups is 1. The topological polar surface area (TPSA) is 129 Å². The minimum Gasteiger partial charge on any atom is -0.495 e. The number of benzene rings is 1. The van der Waals surface area contributed by atoms with E-state index in [-0.39, 0.29) is 28.9 Å². The molecular formula is C18H21N5O4S. The monoisotopic (exact) mass is 403 g/mol. The normalized spacial score (nSPS) is 11.8. The molecule has 0 unspecified atom stereocenters. The summed E-state index contributed by atoms with van der Waals surface area (Å²) in [5, 5.41) is 0.467.